The molecule has 0 amide bonds. The predicted octanol–water partition coefficient (Wildman–Crippen LogP) is 1.47. The van der Waals surface area contributed by atoms with Crippen LogP contribution in [0.2, 0.25) is 0 Å². The zero-order chi connectivity index (χ0) is 14.4. The Kier molecular flexibility index (Phi) is 3.14. The number of carbonyl (C=O) groups is 1. The zero-order valence-electron chi connectivity index (χ0n) is 11.0. The summed E-state index contributed by atoms with van der Waals surface area (Å²) in [6.07, 6.45) is 0. The summed E-state index contributed by atoms with van der Waals surface area (Å²) in [5.41, 5.74) is 6.15. The molecule has 0 aromatic heterocycles. The van der Waals surface area contributed by atoms with Gasteiger partial charge >= 0.3 is 0 Å². The van der Waals surface area contributed by atoms with Crippen LogP contribution in [0.3, 0.4) is 0 Å². The Hall–Kier alpha value is -1.82. The molecular formula is C13H16N2O3S. The van der Waals surface area contributed by atoms with Crippen molar-refractivity contribution in [3.05, 3.63) is 41.2 Å². The molecule has 1 heterocycles. The minimum absolute atomic E-state index is 0.0405. The molecule has 0 saturated heterocycles. The van der Waals surface area contributed by atoms with E-state index in [-0.39, 0.29) is 33.7 Å². The molecule has 0 spiro atoms. The maximum absolute atomic E-state index is 12.6. The van der Waals surface area contributed by atoms with E-state index in [4.69, 9.17) is 5.73 Å². The van der Waals surface area contributed by atoms with Crippen LogP contribution in [-0.2, 0) is 10.0 Å². The quantitative estimate of drug-likeness (QED) is 0.790. The summed E-state index contributed by atoms with van der Waals surface area (Å²) in [7, 11) is -3.73. The Morgan fingerprint density at radius 3 is 2.37 bits per heavy atom. The van der Waals surface area contributed by atoms with E-state index in [1.807, 2.05) is 0 Å². The van der Waals surface area contributed by atoms with Crippen molar-refractivity contribution in [2.24, 2.45) is 5.73 Å². The number of nitrogens with zero attached hydrogens (tertiary/aromatic N) is 1. The predicted molar refractivity (Wildman–Crippen MR) is 71.8 cm³/mol. The third-order valence-corrected chi connectivity index (χ3v) is 4.98. The lowest BCUT2D eigenvalue weighted by Gasteiger charge is -2.34. The van der Waals surface area contributed by atoms with Crippen LogP contribution in [0.4, 0.5) is 0 Å². The summed E-state index contributed by atoms with van der Waals surface area (Å²) >= 11 is 0. The van der Waals surface area contributed by atoms with Gasteiger partial charge in [-0.05, 0) is 32.9 Å². The fourth-order valence-corrected chi connectivity index (χ4v) is 4.15. The van der Waals surface area contributed by atoms with Gasteiger partial charge in [-0.2, -0.15) is 0 Å². The molecule has 19 heavy (non-hydrogen) atoms. The fraction of sp³-hybridized carbons (Fsp3) is 0.308. The second-order valence-electron chi connectivity index (χ2n) is 4.75. The smallest absolute Gasteiger partial charge is 0.265 e. The number of rotatable bonds is 1. The molecule has 0 saturated carbocycles. The number of fused-ring (bicyclic) bond motifs is 1. The Bertz CT molecular complexity index is 671. The lowest BCUT2D eigenvalue weighted by molar-refractivity contribution is 0.0992. The molecule has 2 rings (SSSR count). The van der Waals surface area contributed by atoms with Crippen molar-refractivity contribution in [2.45, 2.75) is 31.7 Å². The van der Waals surface area contributed by atoms with Crippen molar-refractivity contribution in [2.75, 3.05) is 0 Å². The SMILES string of the molecule is C/C(N)=C1/C(=O)c2ccccc2S(=O)(=O)N1C(C)C. The Morgan fingerprint density at radius 1 is 1.26 bits per heavy atom. The summed E-state index contributed by atoms with van der Waals surface area (Å²) < 4.78 is 26.3. The number of hydrogen-bond donors (Lipinski definition) is 1. The van der Waals surface area contributed by atoms with E-state index in [1.165, 1.54) is 19.1 Å². The number of nitrogens with two attached hydrogens (primary N) is 1. The van der Waals surface area contributed by atoms with Crippen molar-refractivity contribution < 1.29 is 13.2 Å². The second-order valence-corrected chi connectivity index (χ2v) is 6.53. The molecule has 0 unspecified atom stereocenters. The van der Waals surface area contributed by atoms with Crippen LogP contribution in [0, 0.1) is 0 Å². The Labute approximate surface area is 112 Å². The average molecular weight is 280 g/mol. The van der Waals surface area contributed by atoms with Crippen molar-refractivity contribution in [3.63, 3.8) is 0 Å². The number of Topliss-reactive ketones (excluding diaryl/α,β-unsaturated/α-hetero) is 1. The van der Waals surface area contributed by atoms with Crippen LogP contribution in [0.25, 0.3) is 0 Å². The monoisotopic (exact) mass is 280 g/mol. The van der Waals surface area contributed by atoms with Crippen molar-refractivity contribution in [1.82, 2.24) is 4.31 Å². The average Bonchev–Trinajstić information content (AvgIpc) is 2.32. The molecule has 1 aliphatic heterocycles. The van der Waals surface area contributed by atoms with Gasteiger partial charge in [0.15, 0.2) is 0 Å². The van der Waals surface area contributed by atoms with Crippen molar-refractivity contribution >= 4 is 15.8 Å². The first-order valence-corrected chi connectivity index (χ1v) is 7.37. The molecule has 1 aromatic carbocycles. The van der Waals surface area contributed by atoms with Gasteiger partial charge in [-0.1, -0.05) is 12.1 Å². The van der Waals surface area contributed by atoms with Gasteiger partial charge in [-0.25, -0.2) is 8.42 Å². The lowest BCUT2D eigenvalue weighted by Crippen LogP contribution is -2.44. The molecule has 5 nitrogen and oxygen atoms in total. The van der Waals surface area contributed by atoms with Gasteiger partial charge < -0.3 is 5.73 Å². The number of ketones is 1. The van der Waals surface area contributed by atoms with Crippen LogP contribution < -0.4 is 5.73 Å². The highest BCUT2D eigenvalue weighted by atomic mass is 32.2. The summed E-state index contributed by atoms with van der Waals surface area (Å²) in [5, 5.41) is 0. The zero-order valence-corrected chi connectivity index (χ0v) is 11.9. The van der Waals surface area contributed by atoms with Crippen LogP contribution in [0.15, 0.2) is 40.6 Å². The maximum atomic E-state index is 12.6. The van der Waals surface area contributed by atoms with Gasteiger partial charge in [0.25, 0.3) is 10.0 Å². The third kappa shape index (κ3) is 1.92. The summed E-state index contributed by atoms with van der Waals surface area (Å²) in [5.74, 6) is -0.348. The molecule has 0 aliphatic carbocycles. The molecule has 0 radical (unpaired) electrons. The Morgan fingerprint density at radius 2 is 1.84 bits per heavy atom. The van der Waals surface area contributed by atoms with Crippen LogP contribution in [0.1, 0.15) is 31.1 Å². The minimum Gasteiger partial charge on any atom is -0.400 e. The highest BCUT2D eigenvalue weighted by Crippen LogP contribution is 2.34. The highest BCUT2D eigenvalue weighted by molar-refractivity contribution is 7.89. The van der Waals surface area contributed by atoms with E-state index in [9.17, 15) is 13.2 Å². The topological polar surface area (TPSA) is 80.5 Å². The van der Waals surface area contributed by atoms with Gasteiger partial charge in [0.05, 0.1) is 4.90 Å². The van der Waals surface area contributed by atoms with Gasteiger partial charge in [-0.3, -0.25) is 9.10 Å². The molecule has 1 aliphatic rings. The standard InChI is InChI=1S/C13H16N2O3S/c1-8(2)15-12(9(3)14)13(16)10-6-4-5-7-11(10)19(15,17)18/h4-8H,14H2,1-3H3/b12-9+. The van der Waals surface area contributed by atoms with Crippen molar-refractivity contribution in [1.29, 1.82) is 0 Å². The maximum Gasteiger partial charge on any atom is 0.265 e. The molecule has 0 fully saturated rings. The van der Waals surface area contributed by atoms with Crippen molar-refractivity contribution in [3.8, 4) is 0 Å². The molecule has 1 aromatic rings. The number of benzene rings is 1. The van der Waals surface area contributed by atoms with E-state index in [2.05, 4.69) is 0 Å². The van der Waals surface area contributed by atoms with E-state index in [1.54, 1.807) is 26.0 Å². The van der Waals surface area contributed by atoms with E-state index >= 15 is 0 Å². The highest BCUT2D eigenvalue weighted by Gasteiger charge is 2.41. The number of carbonyl (C=O) groups excluding carboxylic acids is 1. The second kappa shape index (κ2) is 4.38. The molecule has 6 heteroatoms. The molecule has 102 valence electrons. The van der Waals surface area contributed by atoms with Crippen LogP contribution in [0.5, 0.6) is 0 Å². The largest absolute Gasteiger partial charge is 0.400 e. The van der Waals surface area contributed by atoms with Gasteiger partial charge in [-0.15, -0.1) is 0 Å². The van der Waals surface area contributed by atoms with Gasteiger partial charge in [0.2, 0.25) is 5.78 Å². The van der Waals surface area contributed by atoms with Gasteiger partial charge in [0, 0.05) is 17.3 Å². The summed E-state index contributed by atoms with van der Waals surface area (Å²) in [4.78, 5) is 12.5. The van der Waals surface area contributed by atoms with Gasteiger partial charge in [0.1, 0.15) is 5.70 Å². The fourth-order valence-electron chi connectivity index (χ4n) is 2.22. The molecule has 2 N–H and O–H groups in total. The number of sulfonamides is 1. The van der Waals surface area contributed by atoms with Crippen LogP contribution >= 0.6 is 0 Å². The van der Waals surface area contributed by atoms with E-state index in [0.29, 0.717) is 0 Å². The summed E-state index contributed by atoms with van der Waals surface area (Å²) in [6.45, 7) is 4.95. The first-order valence-electron chi connectivity index (χ1n) is 5.93. The molecular weight excluding hydrogens is 264 g/mol. The minimum atomic E-state index is -3.73. The van der Waals surface area contributed by atoms with E-state index in [0.717, 1.165) is 4.31 Å². The number of hydrogen-bond acceptors (Lipinski definition) is 4. The Balaban J connectivity index is 2.86. The molecule has 0 bridgehead atoms. The number of allylic oxidation sites excluding steroid dienone is 2. The van der Waals surface area contributed by atoms with Crippen LogP contribution in [-0.4, -0.2) is 24.5 Å². The summed E-state index contributed by atoms with van der Waals surface area (Å²) in [6, 6.07) is 5.82. The molecule has 0 atom stereocenters. The normalized spacial score (nSPS) is 20.4. The first-order chi connectivity index (χ1) is 8.78. The lowest BCUT2D eigenvalue weighted by atomic mass is 10.1. The first kappa shape index (κ1) is 13.6. The third-order valence-electron chi connectivity index (χ3n) is 2.95. The van der Waals surface area contributed by atoms with E-state index < -0.39 is 10.0 Å².